The number of thiazole rings is 1. The molecule has 0 aliphatic heterocycles. The molecule has 26 heavy (non-hydrogen) atoms. The number of halogens is 1. The highest BCUT2D eigenvalue weighted by Gasteiger charge is 2.10. The summed E-state index contributed by atoms with van der Waals surface area (Å²) < 4.78 is 0. The maximum Gasteiger partial charge on any atom is 0.275 e. The van der Waals surface area contributed by atoms with Crippen molar-refractivity contribution in [1.82, 2.24) is 20.2 Å². The molecule has 0 saturated carbocycles. The van der Waals surface area contributed by atoms with Crippen LogP contribution in [0.1, 0.15) is 10.5 Å². The van der Waals surface area contributed by atoms with Crippen LogP contribution in [0.25, 0.3) is 22.8 Å². The number of nitrogens with zero attached hydrogens (tertiary/aromatic N) is 3. The molecule has 2 aromatic heterocycles. The molecular formula is C18H12ClN5OS. The van der Waals surface area contributed by atoms with Crippen molar-refractivity contribution in [3.8, 4) is 22.8 Å². The predicted octanol–water partition coefficient (Wildman–Crippen LogP) is 4.50. The Labute approximate surface area is 157 Å². The minimum Gasteiger partial charge on any atom is -0.321 e. The van der Waals surface area contributed by atoms with Crippen LogP contribution in [0.15, 0.2) is 59.4 Å². The van der Waals surface area contributed by atoms with E-state index < -0.39 is 0 Å². The van der Waals surface area contributed by atoms with Crippen molar-refractivity contribution in [2.24, 2.45) is 0 Å². The van der Waals surface area contributed by atoms with Gasteiger partial charge < -0.3 is 10.3 Å². The van der Waals surface area contributed by atoms with Crippen LogP contribution in [-0.2, 0) is 0 Å². The zero-order valence-electron chi connectivity index (χ0n) is 13.3. The lowest BCUT2D eigenvalue weighted by Gasteiger charge is -2.04. The van der Waals surface area contributed by atoms with Crippen LogP contribution in [0.5, 0.6) is 0 Å². The van der Waals surface area contributed by atoms with Gasteiger partial charge in [0.2, 0.25) is 0 Å². The van der Waals surface area contributed by atoms with Gasteiger partial charge in [-0.25, -0.2) is 4.98 Å². The highest BCUT2D eigenvalue weighted by atomic mass is 35.5. The van der Waals surface area contributed by atoms with E-state index in [4.69, 9.17) is 11.6 Å². The number of hydrogen-bond donors (Lipinski definition) is 2. The summed E-state index contributed by atoms with van der Waals surface area (Å²) in [6.07, 6.45) is 0. The molecule has 4 aromatic rings. The predicted molar refractivity (Wildman–Crippen MR) is 102 cm³/mol. The van der Waals surface area contributed by atoms with Gasteiger partial charge in [0.15, 0.2) is 11.6 Å². The molecule has 0 unspecified atom stereocenters. The first-order chi connectivity index (χ1) is 12.7. The first-order valence-electron chi connectivity index (χ1n) is 7.67. The zero-order chi connectivity index (χ0) is 17.9. The number of aromatic nitrogens is 4. The summed E-state index contributed by atoms with van der Waals surface area (Å²) in [6.45, 7) is 0. The molecule has 0 fully saturated rings. The third-order valence-corrected chi connectivity index (χ3v) is 4.52. The number of benzene rings is 2. The van der Waals surface area contributed by atoms with Crippen LogP contribution < -0.4 is 5.32 Å². The van der Waals surface area contributed by atoms with Crippen molar-refractivity contribution < 1.29 is 4.79 Å². The molecule has 2 aromatic carbocycles. The fourth-order valence-corrected chi connectivity index (χ4v) is 3.02. The van der Waals surface area contributed by atoms with Crippen molar-refractivity contribution >= 4 is 34.5 Å². The summed E-state index contributed by atoms with van der Waals surface area (Å²) in [4.78, 5) is 19.2. The largest absolute Gasteiger partial charge is 0.321 e. The Kier molecular flexibility index (Phi) is 4.47. The van der Waals surface area contributed by atoms with E-state index >= 15 is 0 Å². The maximum absolute atomic E-state index is 12.0. The lowest BCUT2D eigenvalue weighted by Crippen LogP contribution is -2.11. The molecule has 0 saturated heterocycles. The van der Waals surface area contributed by atoms with E-state index in [1.165, 1.54) is 11.3 Å². The minimum atomic E-state index is -0.233. The number of aromatic amines is 1. The molecule has 0 atom stereocenters. The standard InChI is InChI=1S/C18H12ClN5OS/c19-13-5-1-11(2-6-13)16-22-17(24-23-16)12-3-7-14(8-4-12)21-18(25)15-9-26-10-20-15/h1-10H,(H,21,25)(H,22,23,24). The van der Waals surface area contributed by atoms with Gasteiger partial charge in [-0.2, -0.15) is 0 Å². The molecule has 0 spiro atoms. The van der Waals surface area contributed by atoms with Gasteiger partial charge in [0.05, 0.1) is 5.51 Å². The Balaban J connectivity index is 1.50. The van der Waals surface area contributed by atoms with Gasteiger partial charge in [-0.05, 0) is 48.5 Å². The molecule has 6 nitrogen and oxygen atoms in total. The molecule has 0 bridgehead atoms. The summed E-state index contributed by atoms with van der Waals surface area (Å²) >= 11 is 7.28. The molecule has 8 heteroatoms. The fraction of sp³-hybridized carbons (Fsp3) is 0. The number of amides is 1. The Morgan fingerprint density at radius 3 is 2.15 bits per heavy atom. The van der Waals surface area contributed by atoms with Crippen LogP contribution in [-0.4, -0.2) is 26.1 Å². The average molecular weight is 382 g/mol. The maximum atomic E-state index is 12.0. The number of rotatable bonds is 4. The van der Waals surface area contributed by atoms with Crippen molar-refractivity contribution in [2.75, 3.05) is 5.32 Å². The second kappa shape index (κ2) is 7.07. The highest BCUT2D eigenvalue weighted by molar-refractivity contribution is 7.07. The van der Waals surface area contributed by atoms with E-state index in [0.29, 0.717) is 28.1 Å². The van der Waals surface area contributed by atoms with Crippen molar-refractivity contribution in [3.05, 3.63) is 70.1 Å². The van der Waals surface area contributed by atoms with Crippen molar-refractivity contribution in [3.63, 3.8) is 0 Å². The number of hydrogen-bond acceptors (Lipinski definition) is 5. The number of nitrogens with one attached hydrogen (secondary N) is 2. The van der Waals surface area contributed by atoms with Crippen LogP contribution in [0.4, 0.5) is 5.69 Å². The first kappa shape index (κ1) is 16.4. The van der Waals surface area contributed by atoms with Gasteiger partial charge in [0.25, 0.3) is 5.91 Å². The lowest BCUT2D eigenvalue weighted by atomic mass is 10.2. The Hall–Kier alpha value is -3.03. The molecule has 0 aliphatic carbocycles. The van der Waals surface area contributed by atoms with Crippen molar-refractivity contribution in [2.45, 2.75) is 0 Å². The fourth-order valence-electron chi connectivity index (χ4n) is 2.36. The van der Waals surface area contributed by atoms with E-state index in [0.717, 1.165) is 11.1 Å². The summed E-state index contributed by atoms with van der Waals surface area (Å²) in [5, 5.41) is 13.5. The molecule has 1 amide bonds. The Bertz CT molecular complexity index is 1030. The second-order valence-electron chi connectivity index (χ2n) is 5.43. The Morgan fingerprint density at radius 1 is 0.962 bits per heavy atom. The normalized spacial score (nSPS) is 10.7. The summed E-state index contributed by atoms with van der Waals surface area (Å²) in [6, 6.07) is 14.7. The van der Waals surface area contributed by atoms with Crippen LogP contribution in [0.3, 0.4) is 0 Å². The van der Waals surface area contributed by atoms with E-state index in [-0.39, 0.29) is 5.91 Å². The molecule has 0 aliphatic rings. The molecule has 0 radical (unpaired) electrons. The molecular weight excluding hydrogens is 370 g/mol. The van der Waals surface area contributed by atoms with Gasteiger partial charge in [0, 0.05) is 27.2 Å². The monoisotopic (exact) mass is 381 g/mol. The van der Waals surface area contributed by atoms with Gasteiger partial charge in [-0.15, -0.1) is 21.5 Å². The van der Waals surface area contributed by atoms with Gasteiger partial charge in [0.1, 0.15) is 5.69 Å². The minimum absolute atomic E-state index is 0.233. The molecule has 2 N–H and O–H groups in total. The highest BCUT2D eigenvalue weighted by Crippen LogP contribution is 2.23. The van der Waals surface area contributed by atoms with Crippen LogP contribution in [0.2, 0.25) is 5.02 Å². The van der Waals surface area contributed by atoms with Crippen LogP contribution in [0, 0.1) is 0 Å². The number of carbonyl (C=O) groups is 1. The van der Waals surface area contributed by atoms with Crippen molar-refractivity contribution in [1.29, 1.82) is 0 Å². The summed E-state index contributed by atoms with van der Waals surface area (Å²) in [5.41, 5.74) is 4.48. The van der Waals surface area contributed by atoms with Crippen LogP contribution >= 0.6 is 22.9 Å². The third-order valence-electron chi connectivity index (χ3n) is 3.69. The zero-order valence-corrected chi connectivity index (χ0v) is 14.9. The van der Waals surface area contributed by atoms with E-state index in [1.807, 2.05) is 36.4 Å². The van der Waals surface area contributed by atoms with E-state index in [2.05, 4.69) is 25.5 Å². The van der Waals surface area contributed by atoms with Gasteiger partial charge in [-0.3, -0.25) is 4.79 Å². The topological polar surface area (TPSA) is 83.6 Å². The second-order valence-corrected chi connectivity index (χ2v) is 6.59. The first-order valence-corrected chi connectivity index (χ1v) is 9.00. The third kappa shape index (κ3) is 3.49. The van der Waals surface area contributed by atoms with E-state index in [1.54, 1.807) is 23.0 Å². The number of anilines is 1. The molecule has 4 rings (SSSR count). The number of carbonyl (C=O) groups excluding carboxylic acids is 1. The summed E-state index contributed by atoms with van der Waals surface area (Å²) in [5.74, 6) is 1.08. The van der Waals surface area contributed by atoms with Gasteiger partial charge >= 0.3 is 0 Å². The Morgan fingerprint density at radius 2 is 1.58 bits per heavy atom. The lowest BCUT2D eigenvalue weighted by molar-refractivity contribution is 0.102. The number of H-pyrrole nitrogens is 1. The molecule has 128 valence electrons. The summed E-state index contributed by atoms with van der Waals surface area (Å²) in [7, 11) is 0. The smallest absolute Gasteiger partial charge is 0.275 e. The van der Waals surface area contributed by atoms with Gasteiger partial charge in [-0.1, -0.05) is 11.6 Å². The quantitative estimate of drug-likeness (QED) is 0.545. The average Bonchev–Trinajstić information content (AvgIpc) is 3.35. The SMILES string of the molecule is O=C(Nc1ccc(-c2nnc(-c3ccc(Cl)cc3)[nH]2)cc1)c1cscn1. The van der Waals surface area contributed by atoms with E-state index in [9.17, 15) is 4.79 Å². The molecule has 2 heterocycles.